The van der Waals surface area contributed by atoms with Crippen LogP contribution in [0.25, 0.3) is 0 Å². The first-order valence-electron chi connectivity index (χ1n) is 9.48. The molecule has 0 aliphatic rings. The van der Waals surface area contributed by atoms with Gasteiger partial charge in [0.2, 0.25) is 0 Å². The number of benzene rings is 2. The molecule has 2 aromatic carbocycles. The van der Waals surface area contributed by atoms with Crippen molar-refractivity contribution in [1.82, 2.24) is 0 Å². The molecule has 180 valence electrons. The van der Waals surface area contributed by atoms with Crippen LogP contribution in [0.4, 0.5) is 17.1 Å². The predicted octanol–water partition coefficient (Wildman–Crippen LogP) is -0.970. The van der Waals surface area contributed by atoms with Crippen LogP contribution in [0.5, 0.6) is 0 Å². The smallest absolute Gasteiger partial charge is 0.444 e. The molecule has 0 saturated heterocycles. The van der Waals surface area contributed by atoms with E-state index >= 15 is 0 Å². The number of anilines is 2. The van der Waals surface area contributed by atoms with Crippen molar-refractivity contribution in [3.63, 3.8) is 0 Å². The Morgan fingerprint density at radius 3 is 1.30 bits per heavy atom. The number of hydrogen-bond acceptors (Lipinski definition) is 11. The summed E-state index contributed by atoms with van der Waals surface area (Å²) < 4.78 is 0. The first kappa shape index (κ1) is 35.8. The molecule has 0 bridgehead atoms. The largest absolute Gasteiger partial charge is 1.00 e. The summed E-state index contributed by atoms with van der Waals surface area (Å²) in [6.07, 6.45) is 0. The van der Waals surface area contributed by atoms with Crippen molar-refractivity contribution in [3.05, 3.63) is 69.6 Å². The Kier molecular flexibility index (Phi) is 26.9. The SMILES string of the molecule is Cl.O=N[O-].O=Nc1ccc(N(CCO)CCO)cc1.OCCN(CCO)c1ccccc1.[Na+]. The normalized spacial score (nSPS) is 8.85. The van der Waals surface area contributed by atoms with Crippen molar-refractivity contribution in [2.75, 3.05) is 62.4 Å². The molecule has 0 fully saturated rings. The van der Waals surface area contributed by atoms with Gasteiger partial charge in [0.05, 0.1) is 26.4 Å². The van der Waals surface area contributed by atoms with Crippen molar-refractivity contribution >= 4 is 29.5 Å². The number of aliphatic hydroxyl groups excluding tert-OH is 4. The zero-order valence-corrected chi connectivity index (χ0v) is 21.4. The number of nitrogens with zero attached hydrogens (tertiary/aromatic N) is 4. The minimum Gasteiger partial charge on any atom is -0.444 e. The molecular formula is C20H30ClN4NaO7. The number of halogens is 1. The van der Waals surface area contributed by atoms with E-state index in [0.29, 0.717) is 31.9 Å². The molecule has 2 aromatic rings. The van der Waals surface area contributed by atoms with E-state index in [2.05, 4.69) is 5.18 Å². The number of hydrogen-bond donors (Lipinski definition) is 4. The van der Waals surface area contributed by atoms with Crippen LogP contribution in [-0.2, 0) is 0 Å². The molecule has 0 saturated carbocycles. The maximum atomic E-state index is 10.2. The summed E-state index contributed by atoms with van der Waals surface area (Å²) in [5.74, 6) is 0. The van der Waals surface area contributed by atoms with Gasteiger partial charge in [-0.3, -0.25) is 0 Å². The first-order chi connectivity index (χ1) is 15.1. The van der Waals surface area contributed by atoms with Gasteiger partial charge in [-0.05, 0) is 41.6 Å². The minimum absolute atomic E-state index is 0. The second kappa shape index (κ2) is 24.8. The Bertz CT molecular complexity index is 691. The maximum Gasteiger partial charge on any atom is 1.00 e. The van der Waals surface area contributed by atoms with Gasteiger partial charge in [0.1, 0.15) is 5.69 Å². The van der Waals surface area contributed by atoms with Gasteiger partial charge in [0.25, 0.3) is 0 Å². The quantitative estimate of drug-likeness (QED) is 0.173. The first-order valence-corrected chi connectivity index (χ1v) is 9.48. The standard InChI is InChI=1S/C10H14N2O3.C10H15NO2.ClH.HNO2.Na/c13-7-5-12(6-8-14)10-3-1-9(11-15)2-4-10;12-8-6-11(7-9-13)10-4-2-1-3-5-10;;2-1-3;/h1-4,13-14H,5-8H2;1-5,12-13H,6-9H2;1H;(H,2,3);/q;;;;+1/p-1. The van der Waals surface area contributed by atoms with Gasteiger partial charge in [-0.1, -0.05) is 18.2 Å². The molecule has 0 aliphatic carbocycles. The van der Waals surface area contributed by atoms with Gasteiger partial charge in [0.15, 0.2) is 0 Å². The molecule has 11 nitrogen and oxygen atoms in total. The third-order valence-corrected chi connectivity index (χ3v) is 3.92. The number of aliphatic hydroxyl groups is 4. The molecular weight excluding hydrogens is 467 g/mol. The zero-order valence-electron chi connectivity index (χ0n) is 18.6. The van der Waals surface area contributed by atoms with Gasteiger partial charge in [-0.15, -0.1) is 22.7 Å². The Morgan fingerprint density at radius 1 is 0.667 bits per heavy atom. The van der Waals surface area contributed by atoms with E-state index in [1.165, 1.54) is 0 Å². The van der Waals surface area contributed by atoms with Gasteiger partial charge < -0.3 is 40.3 Å². The van der Waals surface area contributed by atoms with Crippen molar-refractivity contribution in [2.45, 2.75) is 0 Å². The van der Waals surface area contributed by atoms with Crippen molar-refractivity contribution in [3.8, 4) is 0 Å². The summed E-state index contributed by atoms with van der Waals surface area (Å²) in [6.45, 7) is 2.28. The van der Waals surface area contributed by atoms with Crippen LogP contribution >= 0.6 is 12.4 Å². The van der Waals surface area contributed by atoms with Gasteiger partial charge in [0, 0.05) is 37.6 Å². The van der Waals surface area contributed by atoms with Crippen LogP contribution < -0.4 is 39.4 Å². The van der Waals surface area contributed by atoms with Gasteiger partial charge >= 0.3 is 29.6 Å². The molecule has 0 aliphatic heterocycles. The van der Waals surface area contributed by atoms with E-state index in [-0.39, 0.29) is 68.4 Å². The van der Waals surface area contributed by atoms with E-state index in [1.54, 1.807) is 24.3 Å². The molecule has 2 rings (SSSR count). The minimum atomic E-state index is 0. The van der Waals surface area contributed by atoms with Gasteiger partial charge in [-0.25, -0.2) is 0 Å². The number of nitroso groups, excluding NO2 is 1. The van der Waals surface area contributed by atoms with Crippen molar-refractivity contribution in [2.24, 2.45) is 10.5 Å². The molecule has 0 spiro atoms. The molecule has 0 radical (unpaired) electrons. The number of rotatable bonds is 11. The van der Waals surface area contributed by atoms with E-state index in [1.807, 2.05) is 40.1 Å². The van der Waals surface area contributed by atoms with Crippen LogP contribution in [0.3, 0.4) is 0 Å². The summed E-state index contributed by atoms with van der Waals surface area (Å²) in [4.78, 5) is 22.0. The monoisotopic (exact) mass is 496 g/mol. The van der Waals surface area contributed by atoms with Crippen LogP contribution in [-0.4, -0.2) is 73.0 Å². The predicted molar refractivity (Wildman–Crippen MR) is 128 cm³/mol. The summed E-state index contributed by atoms with van der Waals surface area (Å²) in [7, 11) is 0. The molecule has 0 aromatic heterocycles. The third-order valence-electron chi connectivity index (χ3n) is 3.92. The summed E-state index contributed by atoms with van der Waals surface area (Å²) in [5.41, 5.74) is 2.25. The van der Waals surface area contributed by atoms with E-state index < -0.39 is 0 Å². The molecule has 33 heavy (non-hydrogen) atoms. The summed E-state index contributed by atoms with van der Waals surface area (Å²) in [6, 6.07) is 16.4. The fourth-order valence-corrected chi connectivity index (χ4v) is 2.59. The number of para-hydroxylation sites is 1. The summed E-state index contributed by atoms with van der Waals surface area (Å²) >= 11 is 0. The molecule has 0 amide bonds. The molecule has 0 atom stereocenters. The van der Waals surface area contributed by atoms with E-state index in [9.17, 15) is 4.91 Å². The average Bonchev–Trinajstić information content (AvgIpc) is 2.80. The molecule has 0 heterocycles. The molecule has 4 N–H and O–H groups in total. The van der Waals surface area contributed by atoms with E-state index in [4.69, 9.17) is 30.5 Å². The molecule has 13 heteroatoms. The fraction of sp³-hybridized carbons (Fsp3) is 0.400. The average molecular weight is 497 g/mol. The molecule has 0 unspecified atom stereocenters. The Labute approximate surface area is 221 Å². The fourth-order valence-electron chi connectivity index (χ4n) is 2.59. The Morgan fingerprint density at radius 2 is 1.00 bits per heavy atom. The second-order valence-electron chi connectivity index (χ2n) is 5.89. The Balaban J connectivity index is -0.000000465. The van der Waals surface area contributed by atoms with Crippen LogP contribution in [0.2, 0.25) is 0 Å². The zero-order chi connectivity index (χ0) is 23.3. The van der Waals surface area contributed by atoms with Crippen LogP contribution in [0, 0.1) is 15.0 Å². The van der Waals surface area contributed by atoms with Crippen molar-refractivity contribution in [1.29, 1.82) is 0 Å². The Hall–Kier alpha value is -1.83. The summed E-state index contributed by atoms with van der Waals surface area (Å²) in [5, 5.41) is 47.1. The maximum absolute atomic E-state index is 10.2. The topological polar surface area (TPSA) is 169 Å². The van der Waals surface area contributed by atoms with Crippen LogP contribution in [0.15, 0.2) is 65.1 Å². The van der Waals surface area contributed by atoms with Crippen LogP contribution in [0.1, 0.15) is 0 Å². The van der Waals surface area contributed by atoms with Crippen molar-refractivity contribution < 1.29 is 50.0 Å². The van der Waals surface area contributed by atoms with Gasteiger partial charge in [-0.2, -0.15) is 0 Å². The van der Waals surface area contributed by atoms with E-state index in [0.717, 1.165) is 16.7 Å². The second-order valence-corrected chi connectivity index (χ2v) is 5.89. The third kappa shape index (κ3) is 16.4.